The fourth-order valence-corrected chi connectivity index (χ4v) is 11.9. The Morgan fingerprint density at radius 1 is 0.531 bits per heavy atom. The number of hydrogen-bond acceptors (Lipinski definition) is 3. The minimum atomic E-state index is -0.124. The molecule has 3 heterocycles. The average molecular weight is 836 g/mol. The summed E-state index contributed by atoms with van der Waals surface area (Å²) in [5.74, 6) is 0. The van der Waals surface area contributed by atoms with Gasteiger partial charge in [0.15, 0.2) is 0 Å². The highest BCUT2D eigenvalue weighted by molar-refractivity contribution is 7.00. The first kappa shape index (κ1) is 40.8. The monoisotopic (exact) mass is 836 g/mol. The normalized spacial score (nSPS) is 19.5. The molecule has 7 aromatic rings. The molecule has 4 heteroatoms. The molecule has 4 aliphatic rings. The number of nitrogens with zero attached hydrogens (tertiary/aromatic N) is 3. The molecule has 0 aromatic heterocycles. The number of hydrogen-bond donors (Lipinski definition) is 0. The third-order valence-electron chi connectivity index (χ3n) is 15.8. The van der Waals surface area contributed by atoms with E-state index in [0.29, 0.717) is 0 Å². The number of aryl methyl sites for hydroxylation is 2. The first-order valence-corrected chi connectivity index (χ1v) is 23.8. The third-order valence-corrected chi connectivity index (χ3v) is 15.8. The summed E-state index contributed by atoms with van der Waals surface area (Å²) in [4.78, 5) is 8.03. The Morgan fingerprint density at radius 2 is 1.16 bits per heavy atom. The highest BCUT2D eigenvalue weighted by atomic mass is 15.3. The smallest absolute Gasteiger partial charge is 0.252 e. The van der Waals surface area contributed by atoms with Crippen molar-refractivity contribution in [3.8, 4) is 11.1 Å². The molecule has 320 valence electrons. The van der Waals surface area contributed by atoms with Crippen LogP contribution in [0.25, 0.3) is 11.1 Å². The molecule has 1 saturated carbocycles. The third kappa shape index (κ3) is 6.08. The van der Waals surface area contributed by atoms with Gasteiger partial charge < -0.3 is 14.7 Å². The Hall–Kier alpha value is -6.00. The minimum absolute atomic E-state index is 0.0157. The number of fused-ring (bicyclic) bond motifs is 7. The zero-order chi connectivity index (χ0) is 44.5. The summed E-state index contributed by atoms with van der Waals surface area (Å²) in [6.45, 7) is 23.7. The Labute approximate surface area is 382 Å². The maximum Gasteiger partial charge on any atom is 0.252 e. The molecular weight excluding hydrogens is 773 g/mol. The van der Waals surface area contributed by atoms with Crippen LogP contribution in [0.15, 0.2) is 146 Å². The van der Waals surface area contributed by atoms with Crippen LogP contribution in [0.1, 0.15) is 109 Å². The fraction of sp³-hybridized carbons (Fsp3) is 0.300. The van der Waals surface area contributed by atoms with Crippen molar-refractivity contribution in [2.75, 3.05) is 14.7 Å². The number of anilines is 8. The van der Waals surface area contributed by atoms with Gasteiger partial charge in [0, 0.05) is 45.2 Å². The second-order valence-corrected chi connectivity index (χ2v) is 22.0. The Kier molecular flexibility index (Phi) is 9.08. The van der Waals surface area contributed by atoms with Crippen molar-refractivity contribution in [3.05, 3.63) is 173 Å². The molecule has 2 atom stereocenters. The van der Waals surface area contributed by atoms with Crippen LogP contribution < -0.4 is 31.1 Å². The van der Waals surface area contributed by atoms with Crippen LogP contribution in [0.4, 0.5) is 45.5 Å². The van der Waals surface area contributed by atoms with E-state index in [0.717, 1.165) is 17.8 Å². The van der Waals surface area contributed by atoms with Gasteiger partial charge in [-0.15, -0.1) is 0 Å². The van der Waals surface area contributed by atoms with Gasteiger partial charge in [-0.25, -0.2) is 0 Å². The van der Waals surface area contributed by atoms with Crippen LogP contribution in [0.3, 0.4) is 0 Å². The van der Waals surface area contributed by atoms with E-state index in [2.05, 4.69) is 230 Å². The lowest BCUT2D eigenvalue weighted by Crippen LogP contribution is -2.64. The maximum atomic E-state index is 2.88. The lowest BCUT2D eigenvalue weighted by molar-refractivity contribution is 0.195. The SMILES string of the molecule is Cc1ccc(N(c2ccc(C)cc2)c2cc3c4c(c2)N2c5c(cc(-c6ccccc6)cc5C5(C)CCCCC25C)B4c2ccc(C(C)(C)C)cc2N3c2cccc(C(C)(C)C)c2)cc1. The van der Waals surface area contributed by atoms with E-state index in [1.54, 1.807) is 0 Å². The lowest BCUT2D eigenvalue weighted by Gasteiger charge is -2.53. The van der Waals surface area contributed by atoms with Gasteiger partial charge in [-0.3, -0.25) is 0 Å². The van der Waals surface area contributed by atoms with Crippen LogP contribution in [0.5, 0.6) is 0 Å². The molecule has 0 bridgehead atoms. The van der Waals surface area contributed by atoms with E-state index < -0.39 is 0 Å². The van der Waals surface area contributed by atoms with Gasteiger partial charge in [0.2, 0.25) is 0 Å². The van der Waals surface area contributed by atoms with Gasteiger partial charge in [-0.05, 0) is 149 Å². The van der Waals surface area contributed by atoms with Crippen LogP contribution >= 0.6 is 0 Å². The van der Waals surface area contributed by atoms with Gasteiger partial charge in [0.05, 0.1) is 11.2 Å². The molecule has 0 spiro atoms. The summed E-state index contributed by atoms with van der Waals surface area (Å²) in [5, 5.41) is 0. The molecule has 1 fully saturated rings. The standard InChI is InChI=1S/C60H62BN3/c1-39-21-26-45(27-22-39)62(46-28-23-40(2)24-29-46)48-37-53-55-54(38-48)64-56-49(59(9)31-14-15-32-60(59,64)10)33-42(41-17-12-11-13-18-41)34-51(56)61(55)50-30-25-44(58(6,7)8)36-52(50)63(53)47-20-16-19-43(35-47)57(3,4)5/h11-13,16-30,33-38H,14-15,31-32H2,1-10H3. The van der Waals surface area contributed by atoms with Gasteiger partial charge in [-0.1, -0.05) is 157 Å². The largest absolute Gasteiger partial charge is 0.335 e. The molecule has 0 N–H and O–H groups in total. The average Bonchev–Trinajstić information content (AvgIpc) is 3.49. The maximum absolute atomic E-state index is 2.88. The van der Waals surface area contributed by atoms with E-state index >= 15 is 0 Å². The first-order valence-electron chi connectivity index (χ1n) is 23.8. The van der Waals surface area contributed by atoms with Crippen LogP contribution in [-0.2, 0) is 16.2 Å². The molecule has 0 radical (unpaired) electrons. The summed E-state index contributed by atoms with van der Waals surface area (Å²) < 4.78 is 0. The van der Waals surface area contributed by atoms with Crippen molar-refractivity contribution < 1.29 is 0 Å². The predicted molar refractivity (Wildman–Crippen MR) is 276 cm³/mol. The molecule has 11 rings (SSSR count). The molecule has 0 saturated heterocycles. The lowest BCUT2D eigenvalue weighted by atomic mass is 9.33. The van der Waals surface area contributed by atoms with E-state index in [1.165, 1.54) is 109 Å². The van der Waals surface area contributed by atoms with Gasteiger partial charge >= 0.3 is 0 Å². The zero-order valence-electron chi connectivity index (χ0n) is 39.6. The molecule has 3 aliphatic heterocycles. The number of rotatable bonds is 5. The van der Waals surface area contributed by atoms with E-state index in [-0.39, 0.29) is 28.5 Å². The summed E-state index contributed by atoms with van der Waals surface area (Å²) in [7, 11) is 0. The highest BCUT2D eigenvalue weighted by Gasteiger charge is 2.61. The summed E-state index contributed by atoms with van der Waals surface area (Å²) in [6, 6.07) is 56.5. The van der Waals surface area contributed by atoms with Crippen LogP contribution in [0.2, 0.25) is 0 Å². The van der Waals surface area contributed by atoms with Crippen LogP contribution in [-0.4, -0.2) is 12.3 Å². The molecule has 64 heavy (non-hydrogen) atoms. The van der Waals surface area contributed by atoms with Crippen LogP contribution in [0, 0.1) is 13.8 Å². The van der Waals surface area contributed by atoms with Crippen molar-refractivity contribution in [3.63, 3.8) is 0 Å². The highest BCUT2D eigenvalue weighted by Crippen LogP contribution is 2.63. The second kappa shape index (κ2) is 14.3. The zero-order valence-corrected chi connectivity index (χ0v) is 39.6. The quantitative estimate of drug-likeness (QED) is 0.160. The Balaban J connectivity index is 1.30. The van der Waals surface area contributed by atoms with Crippen molar-refractivity contribution in [2.24, 2.45) is 0 Å². The van der Waals surface area contributed by atoms with Crippen molar-refractivity contribution in [1.29, 1.82) is 0 Å². The summed E-state index contributed by atoms with van der Waals surface area (Å²) >= 11 is 0. The Morgan fingerprint density at radius 3 is 1.81 bits per heavy atom. The topological polar surface area (TPSA) is 9.72 Å². The van der Waals surface area contributed by atoms with E-state index in [1.807, 2.05) is 0 Å². The van der Waals surface area contributed by atoms with Crippen molar-refractivity contribution in [1.82, 2.24) is 0 Å². The molecule has 0 amide bonds. The first-order chi connectivity index (χ1) is 30.5. The second-order valence-electron chi connectivity index (χ2n) is 22.0. The molecule has 1 aliphatic carbocycles. The molecular formula is C60H62BN3. The number of benzene rings is 7. The van der Waals surface area contributed by atoms with E-state index in [9.17, 15) is 0 Å². The molecule has 2 unspecified atom stereocenters. The Bertz CT molecular complexity index is 2930. The van der Waals surface area contributed by atoms with Crippen molar-refractivity contribution >= 4 is 68.6 Å². The predicted octanol–water partition coefficient (Wildman–Crippen LogP) is 14.4. The van der Waals surface area contributed by atoms with Gasteiger partial charge in [0.1, 0.15) is 0 Å². The van der Waals surface area contributed by atoms with Crippen molar-refractivity contribution in [2.45, 2.75) is 117 Å². The molecule has 7 aromatic carbocycles. The van der Waals surface area contributed by atoms with E-state index in [4.69, 9.17) is 0 Å². The summed E-state index contributed by atoms with van der Waals surface area (Å²) in [6.07, 6.45) is 4.79. The molecule has 3 nitrogen and oxygen atoms in total. The summed E-state index contributed by atoms with van der Waals surface area (Å²) in [5.41, 5.74) is 23.3. The van der Waals surface area contributed by atoms with Gasteiger partial charge in [0.25, 0.3) is 6.71 Å². The minimum Gasteiger partial charge on any atom is -0.335 e. The van der Waals surface area contributed by atoms with Gasteiger partial charge in [-0.2, -0.15) is 0 Å². The fourth-order valence-electron chi connectivity index (χ4n) is 11.9.